The molecular weight excluding hydrogens is 484 g/mol. The molecule has 0 atom stereocenters. The van der Waals surface area contributed by atoms with Crippen molar-refractivity contribution in [3.63, 3.8) is 0 Å². The van der Waals surface area contributed by atoms with E-state index in [2.05, 4.69) is 89.0 Å². The molecule has 194 valence electrons. The minimum atomic E-state index is 0.145. The summed E-state index contributed by atoms with van der Waals surface area (Å²) in [5, 5.41) is 11.0. The van der Waals surface area contributed by atoms with Crippen LogP contribution in [0.2, 0.25) is 0 Å². The molecule has 6 rings (SSSR count). The normalized spacial score (nSPS) is 11.8. The van der Waals surface area contributed by atoms with Crippen LogP contribution >= 0.6 is 0 Å². The topological polar surface area (TPSA) is 108 Å². The molecule has 0 spiro atoms. The van der Waals surface area contributed by atoms with Gasteiger partial charge in [-0.25, -0.2) is 15.0 Å². The molecule has 0 unspecified atom stereocenters. The van der Waals surface area contributed by atoms with Crippen LogP contribution in [0.3, 0.4) is 0 Å². The van der Waals surface area contributed by atoms with Gasteiger partial charge in [0.2, 0.25) is 0 Å². The second kappa shape index (κ2) is 9.47. The highest BCUT2D eigenvalue weighted by molar-refractivity contribution is 5.95. The lowest BCUT2D eigenvalue weighted by atomic mass is 9.91. The van der Waals surface area contributed by atoms with Crippen LogP contribution in [-0.4, -0.2) is 35.1 Å². The molecule has 0 amide bonds. The number of H-pyrrole nitrogens is 2. The van der Waals surface area contributed by atoms with Crippen molar-refractivity contribution in [1.82, 2.24) is 35.1 Å². The molecule has 0 aliphatic carbocycles. The Kier molecular flexibility index (Phi) is 5.95. The third-order valence-electron chi connectivity index (χ3n) is 6.44. The van der Waals surface area contributed by atoms with Gasteiger partial charge in [-0.1, -0.05) is 57.2 Å². The van der Waals surface area contributed by atoms with E-state index in [1.165, 1.54) is 5.56 Å². The number of aromatic amines is 2. The molecule has 5 aromatic heterocycles. The third kappa shape index (κ3) is 5.01. The summed E-state index contributed by atoms with van der Waals surface area (Å²) in [5.74, 6) is 0.612. The van der Waals surface area contributed by atoms with Crippen molar-refractivity contribution >= 4 is 27.9 Å². The Morgan fingerprint density at radius 3 is 2.67 bits per heavy atom. The Hall–Kier alpha value is -4.85. The van der Waals surface area contributed by atoms with Gasteiger partial charge in [-0.2, -0.15) is 5.10 Å². The van der Waals surface area contributed by atoms with E-state index >= 15 is 0 Å². The van der Waals surface area contributed by atoms with Gasteiger partial charge in [-0.15, -0.1) is 0 Å². The molecule has 0 bridgehead atoms. The maximum absolute atomic E-state index is 4.96. The van der Waals surface area contributed by atoms with Crippen molar-refractivity contribution in [2.24, 2.45) is 5.41 Å². The zero-order valence-corrected chi connectivity index (χ0v) is 22.5. The Bertz CT molecular complexity index is 1840. The van der Waals surface area contributed by atoms with Crippen LogP contribution in [-0.2, 0) is 0 Å². The minimum Gasteiger partial charge on any atom is -0.358 e. The van der Waals surface area contributed by atoms with Crippen LogP contribution in [0.5, 0.6) is 0 Å². The van der Waals surface area contributed by atoms with Gasteiger partial charge in [0.1, 0.15) is 11.0 Å². The number of pyridine rings is 3. The Morgan fingerprint density at radius 2 is 1.85 bits per heavy atom. The number of rotatable bonds is 6. The number of aryl methyl sites for hydroxylation is 1. The second-order valence-electron chi connectivity index (χ2n) is 11.1. The molecule has 0 saturated heterocycles. The van der Waals surface area contributed by atoms with Crippen LogP contribution in [0.15, 0.2) is 79.4 Å². The highest BCUT2D eigenvalue weighted by Crippen LogP contribution is 2.32. The van der Waals surface area contributed by atoms with Gasteiger partial charge in [0.05, 0.1) is 23.1 Å². The summed E-state index contributed by atoms with van der Waals surface area (Å²) in [6.45, 7) is 12.8. The van der Waals surface area contributed by atoms with Crippen LogP contribution in [0, 0.1) is 12.3 Å². The number of nitrogens with one attached hydrogen (secondary N) is 3. The number of hydrogen-bond acceptors (Lipinski definition) is 6. The van der Waals surface area contributed by atoms with Crippen molar-refractivity contribution in [2.45, 2.75) is 34.1 Å². The van der Waals surface area contributed by atoms with E-state index < -0.39 is 0 Å². The third-order valence-corrected chi connectivity index (χ3v) is 6.44. The minimum absolute atomic E-state index is 0.145. The first kappa shape index (κ1) is 24.5. The summed E-state index contributed by atoms with van der Waals surface area (Å²) in [6, 6.07) is 16.3. The fourth-order valence-electron chi connectivity index (χ4n) is 4.83. The number of hydrogen-bond donors (Lipinski definition) is 3. The molecule has 6 aromatic rings. The van der Waals surface area contributed by atoms with Gasteiger partial charge in [0.15, 0.2) is 17.2 Å². The number of aromatic nitrogens is 7. The second-order valence-corrected chi connectivity index (χ2v) is 11.1. The van der Waals surface area contributed by atoms with Crippen molar-refractivity contribution in [1.29, 1.82) is 0 Å². The standard InChI is InChI=1S/C31H30N8/c1-18-7-6-8-20(13-18)23-11-12-33-29-26(23)36-30(37-29)28-27-25(38-39-28)10-9-24(35-27)21-14-22(17-32-16-21)34-19(2)15-31(3,4)5/h6-14,16-17,34H,2,15H2,1,3-5H3,(H,38,39)(H,33,36,37). The summed E-state index contributed by atoms with van der Waals surface area (Å²) in [4.78, 5) is 22.2. The van der Waals surface area contributed by atoms with Gasteiger partial charge >= 0.3 is 0 Å². The van der Waals surface area contributed by atoms with Crippen molar-refractivity contribution in [3.05, 3.63) is 85.0 Å². The monoisotopic (exact) mass is 514 g/mol. The summed E-state index contributed by atoms with van der Waals surface area (Å²) in [5.41, 5.74) is 10.6. The van der Waals surface area contributed by atoms with E-state index in [0.29, 0.717) is 17.2 Å². The SMILES string of the molecule is C=C(CC(C)(C)C)Nc1cncc(-c2ccc3[nH]nc(-c4nc5c(-c6cccc(C)c6)ccnc5[nH]4)c3n2)c1. The first-order chi connectivity index (χ1) is 18.7. The summed E-state index contributed by atoms with van der Waals surface area (Å²) >= 11 is 0. The van der Waals surface area contributed by atoms with Crippen LogP contribution in [0.25, 0.3) is 56.1 Å². The fourth-order valence-corrected chi connectivity index (χ4v) is 4.83. The van der Waals surface area contributed by atoms with E-state index in [1.54, 1.807) is 12.4 Å². The summed E-state index contributed by atoms with van der Waals surface area (Å²) in [7, 11) is 0. The number of imidazole rings is 1. The number of fused-ring (bicyclic) bond motifs is 2. The molecule has 0 aliphatic rings. The number of allylic oxidation sites excluding steroid dienone is 1. The molecule has 5 heterocycles. The molecular formula is C31H30N8. The highest BCUT2D eigenvalue weighted by Gasteiger charge is 2.18. The van der Waals surface area contributed by atoms with Crippen LogP contribution in [0.1, 0.15) is 32.8 Å². The molecule has 8 heteroatoms. The lowest BCUT2D eigenvalue weighted by molar-refractivity contribution is 0.411. The van der Waals surface area contributed by atoms with Crippen molar-refractivity contribution in [2.75, 3.05) is 5.32 Å². The van der Waals surface area contributed by atoms with Crippen LogP contribution < -0.4 is 5.32 Å². The predicted molar refractivity (Wildman–Crippen MR) is 157 cm³/mol. The fraction of sp³-hybridized carbons (Fsp3) is 0.194. The number of anilines is 1. The van der Waals surface area contributed by atoms with E-state index in [4.69, 9.17) is 9.97 Å². The smallest absolute Gasteiger partial charge is 0.162 e. The predicted octanol–water partition coefficient (Wildman–Crippen LogP) is 7.30. The van der Waals surface area contributed by atoms with E-state index in [9.17, 15) is 0 Å². The first-order valence-electron chi connectivity index (χ1n) is 12.9. The Morgan fingerprint density at radius 1 is 0.974 bits per heavy atom. The molecule has 8 nitrogen and oxygen atoms in total. The quantitative estimate of drug-likeness (QED) is 0.215. The largest absolute Gasteiger partial charge is 0.358 e. The molecule has 0 fully saturated rings. The average molecular weight is 515 g/mol. The molecule has 39 heavy (non-hydrogen) atoms. The highest BCUT2D eigenvalue weighted by atomic mass is 15.2. The zero-order chi connectivity index (χ0) is 27.1. The molecule has 3 N–H and O–H groups in total. The number of benzene rings is 1. The van der Waals surface area contributed by atoms with Gasteiger partial charge in [-0.3, -0.25) is 10.1 Å². The first-order valence-corrected chi connectivity index (χ1v) is 12.9. The van der Waals surface area contributed by atoms with Crippen molar-refractivity contribution < 1.29 is 0 Å². The van der Waals surface area contributed by atoms with Gasteiger partial charge in [0.25, 0.3) is 0 Å². The molecule has 0 saturated carbocycles. The maximum atomic E-state index is 4.96. The van der Waals surface area contributed by atoms with E-state index in [1.807, 2.05) is 30.5 Å². The van der Waals surface area contributed by atoms with E-state index in [0.717, 1.165) is 56.7 Å². The lowest BCUT2D eigenvalue weighted by Crippen LogP contribution is -2.10. The molecule has 0 radical (unpaired) electrons. The lowest BCUT2D eigenvalue weighted by Gasteiger charge is -2.20. The van der Waals surface area contributed by atoms with Gasteiger partial charge in [0, 0.05) is 29.2 Å². The molecule has 1 aromatic carbocycles. The van der Waals surface area contributed by atoms with Gasteiger partial charge in [-0.05, 0) is 48.6 Å². The average Bonchev–Trinajstić information content (AvgIpc) is 3.51. The number of nitrogens with zero attached hydrogens (tertiary/aromatic N) is 5. The zero-order valence-electron chi connectivity index (χ0n) is 22.5. The van der Waals surface area contributed by atoms with Crippen LogP contribution in [0.4, 0.5) is 5.69 Å². The van der Waals surface area contributed by atoms with Gasteiger partial charge < -0.3 is 10.3 Å². The van der Waals surface area contributed by atoms with Crippen molar-refractivity contribution in [3.8, 4) is 33.9 Å². The maximum Gasteiger partial charge on any atom is 0.162 e. The summed E-state index contributed by atoms with van der Waals surface area (Å²) in [6.07, 6.45) is 6.26. The summed E-state index contributed by atoms with van der Waals surface area (Å²) < 4.78 is 0. The molecule has 0 aliphatic heterocycles. The van der Waals surface area contributed by atoms with E-state index in [-0.39, 0.29) is 5.41 Å². The Balaban J connectivity index is 1.37. The Labute approximate surface area is 226 Å².